The fourth-order valence-corrected chi connectivity index (χ4v) is 3.17. The van der Waals surface area contributed by atoms with Crippen LogP contribution in [0.15, 0.2) is 103 Å². The van der Waals surface area contributed by atoms with Gasteiger partial charge in [0.15, 0.2) is 5.75 Å². The van der Waals surface area contributed by atoms with E-state index in [2.05, 4.69) is 52.7 Å². The summed E-state index contributed by atoms with van der Waals surface area (Å²) in [4.78, 5) is 0. The minimum Gasteiger partial charge on any atom is -0.375 e. The first-order valence-corrected chi connectivity index (χ1v) is 10.3. The van der Waals surface area contributed by atoms with Crippen LogP contribution in [-0.2, 0) is 23.6 Å². The molecule has 0 fully saturated rings. The van der Waals surface area contributed by atoms with Crippen molar-refractivity contribution < 1.29 is 25.8 Å². The zero-order valence-corrected chi connectivity index (χ0v) is 18.1. The van der Waals surface area contributed by atoms with Gasteiger partial charge in [-0.2, -0.15) is 21.6 Å². The van der Waals surface area contributed by atoms with Gasteiger partial charge in [-0.15, -0.1) is 0 Å². The molecule has 0 N–H and O–H groups in total. The lowest BCUT2D eigenvalue weighted by atomic mass is 10.1. The van der Waals surface area contributed by atoms with Gasteiger partial charge in [-0.05, 0) is 22.6 Å². The third-order valence-electron chi connectivity index (χ3n) is 4.11. The first-order valence-electron chi connectivity index (χ1n) is 8.87. The van der Waals surface area contributed by atoms with E-state index in [1.54, 1.807) is 24.3 Å². The van der Waals surface area contributed by atoms with Crippen LogP contribution in [0, 0.1) is 0 Å². The summed E-state index contributed by atoms with van der Waals surface area (Å²) < 4.78 is 62.6. The van der Waals surface area contributed by atoms with Gasteiger partial charge in [0.25, 0.3) is 0 Å². The molecule has 0 spiro atoms. The molecule has 0 bridgehead atoms. The van der Waals surface area contributed by atoms with Gasteiger partial charge >= 0.3 is 15.6 Å². The largest absolute Gasteiger partial charge is 0.534 e. The monoisotopic (exact) mass is 465 g/mol. The van der Waals surface area contributed by atoms with E-state index in [1.807, 2.05) is 12.1 Å². The quantitative estimate of drug-likeness (QED) is 0.224. The van der Waals surface area contributed by atoms with Crippen LogP contribution in [0.25, 0.3) is 21.9 Å². The number of fused-ring (bicyclic) bond motifs is 1. The van der Waals surface area contributed by atoms with E-state index < -0.39 is 15.6 Å². The number of hydrogen-bond donors (Lipinski definition) is 0. The van der Waals surface area contributed by atoms with Crippen molar-refractivity contribution in [2.75, 3.05) is 0 Å². The van der Waals surface area contributed by atoms with Gasteiger partial charge in [0.1, 0.15) is 0 Å². The lowest BCUT2D eigenvalue weighted by Crippen LogP contribution is -2.28. The van der Waals surface area contributed by atoms with Crippen molar-refractivity contribution >= 4 is 34.4 Å². The van der Waals surface area contributed by atoms with Crippen molar-refractivity contribution in [1.29, 1.82) is 0 Å². The van der Waals surface area contributed by atoms with Gasteiger partial charge in [-0.3, -0.25) is 0 Å². The lowest BCUT2D eigenvalue weighted by Gasteiger charge is -2.11. The van der Waals surface area contributed by atoms with Gasteiger partial charge in [0.2, 0.25) is 0 Å². The summed E-state index contributed by atoms with van der Waals surface area (Å²) in [5, 5.41) is 0.889. The smallest absolute Gasteiger partial charge is 0.375 e. The molecule has 4 rings (SSSR count). The first-order chi connectivity index (χ1) is 14.3. The molecule has 8 heteroatoms. The van der Waals surface area contributed by atoms with Crippen molar-refractivity contribution in [3.05, 3.63) is 103 Å². The highest BCUT2D eigenvalue weighted by Crippen LogP contribution is 2.31. The van der Waals surface area contributed by atoms with Crippen LogP contribution in [0.3, 0.4) is 0 Å². The number of halogens is 3. The minimum absolute atomic E-state index is 0. The third-order valence-corrected chi connectivity index (χ3v) is 5.08. The van der Waals surface area contributed by atoms with Crippen molar-refractivity contribution in [2.24, 2.45) is 0 Å². The van der Waals surface area contributed by atoms with E-state index >= 15 is 0 Å². The Morgan fingerprint density at radius 3 is 1.58 bits per heavy atom. The van der Waals surface area contributed by atoms with Crippen LogP contribution in [0.5, 0.6) is 5.75 Å². The summed E-state index contributed by atoms with van der Waals surface area (Å²) >= 11 is 0. The van der Waals surface area contributed by atoms with E-state index in [4.69, 9.17) is 0 Å². The van der Waals surface area contributed by atoms with Crippen LogP contribution < -0.4 is 4.18 Å². The molecule has 4 aromatic carbocycles. The van der Waals surface area contributed by atoms with Crippen molar-refractivity contribution in [2.45, 2.75) is 5.51 Å². The average molecular weight is 466 g/mol. The van der Waals surface area contributed by atoms with Crippen LogP contribution >= 0.6 is 0 Å². The zero-order valence-electron chi connectivity index (χ0n) is 16.2. The van der Waals surface area contributed by atoms with Gasteiger partial charge in [0, 0.05) is 5.39 Å². The van der Waals surface area contributed by atoms with Crippen LogP contribution in [0.1, 0.15) is 0 Å². The number of benzene rings is 4. The summed E-state index contributed by atoms with van der Waals surface area (Å²) in [6.07, 6.45) is 0. The topological polar surface area (TPSA) is 43.4 Å². The Balaban J connectivity index is 0.000000229. The first kappa shape index (κ1) is 24.3. The molecule has 31 heavy (non-hydrogen) atoms. The minimum atomic E-state index is -5.64. The number of rotatable bonds is 3. The molecule has 0 unspecified atom stereocenters. The summed E-state index contributed by atoms with van der Waals surface area (Å²) in [5.74, 6) is -0.342. The molecule has 0 aromatic heterocycles. The molecular formula is C23H20F3O3S2+. The summed E-state index contributed by atoms with van der Waals surface area (Å²) in [7, 11) is -5.64. The Hall–Kier alpha value is -2.97. The summed E-state index contributed by atoms with van der Waals surface area (Å²) in [6, 6.07) is 31.4. The van der Waals surface area contributed by atoms with Crippen molar-refractivity contribution in [3.8, 4) is 16.9 Å². The fourth-order valence-electron chi connectivity index (χ4n) is 2.70. The third kappa shape index (κ3) is 6.26. The van der Waals surface area contributed by atoms with E-state index in [-0.39, 0.29) is 19.2 Å². The molecule has 0 saturated carbocycles. The molecule has 4 aromatic rings. The average Bonchev–Trinajstić information content (AvgIpc) is 2.75. The Morgan fingerprint density at radius 1 is 0.613 bits per heavy atom. The van der Waals surface area contributed by atoms with E-state index in [9.17, 15) is 21.6 Å². The Morgan fingerprint density at radius 2 is 1.06 bits per heavy atom. The molecule has 0 aliphatic heterocycles. The lowest BCUT2D eigenvalue weighted by molar-refractivity contribution is -0.0499. The van der Waals surface area contributed by atoms with Gasteiger partial charge in [0.05, 0.1) is 0 Å². The standard InChI is InChI=1S/C12H10.C11H7F3O3S.H2S/c1-3-7-11(8-4-1)12-9-5-2-6-10-12;12-11(13,14)18(15,16)17-10-7-3-5-8-4-1-2-6-9(8)10;/h1-10H;1-7H;1H2/p+1. The Bertz CT molecular complexity index is 1170. The van der Waals surface area contributed by atoms with Crippen molar-refractivity contribution in [1.82, 2.24) is 0 Å². The summed E-state index contributed by atoms with van der Waals surface area (Å²) in [6.45, 7) is 0. The van der Waals surface area contributed by atoms with Gasteiger partial charge < -0.3 is 4.18 Å². The molecule has 0 aliphatic rings. The zero-order chi connectivity index (χ0) is 21.6. The molecule has 0 radical (unpaired) electrons. The van der Waals surface area contributed by atoms with Crippen LogP contribution in [-0.4, -0.2) is 13.9 Å². The number of hydrogen-bond acceptors (Lipinski definition) is 3. The molecule has 0 aliphatic carbocycles. The second kappa shape index (κ2) is 10.4. The second-order valence-electron chi connectivity index (χ2n) is 6.19. The van der Waals surface area contributed by atoms with E-state index in [0.29, 0.717) is 10.8 Å². The van der Waals surface area contributed by atoms with Crippen LogP contribution in [0.4, 0.5) is 13.2 Å². The highest BCUT2D eigenvalue weighted by Gasteiger charge is 2.48. The molecule has 0 atom stereocenters. The molecule has 0 saturated heterocycles. The highest BCUT2D eigenvalue weighted by molar-refractivity contribution is 7.88. The molecular weight excluding hydrogens is 445 g/mol. The van der Waals surface area contributed by atoms with Gasteiger partial charge in [-0.25, -0.2) is 0 Å². The maximum absolute atomic E-state index is 12.2. The highest BCUT2D eigenvalue weighted by atomic mass is 32.2. The maximum atomic E-state index is 12.2. The Labute approximate surface area is 185 Å². The van der Waals surface area contributed by atoms with E-state index in [1.165, 1.54) is 29.3 Å². The van der Waals surface area contributed by atoms with E-state index in [0.717, 1.165) is 0 Å². The maximum Gasteiger partial charge on any atom is 0.534 e. The van der Waals surface area contributed by atoms with Crippen molar-refractivity contribution in [3.63, 3.8) is 0 Å². The van der Waals surface area contributed by atoms with Crippen LogP contribution in [0.2, 0.25) is 0 Å². The SMILES string of the molecule is O=S(=O)(Oc1cccc2ccccc12)C(F)(F)F.[SH3+].c1ccc(-c2ccccc2)cc1. The Kier molecular flexibility index (Phi) is 8.13. The molecule has 0 heterocycles. The normalized spacial score (nSPS) is 11.1. The summed E-state index contributed by atoms with van der Waals surface area (Å²) in [5.41, 5.74) is -2.89. The predicted molar refractivity (Wildman–Crippen MR) is 123 cm³/mol. The number of alkyl halides is 3. The predicted octanol–water partition coefficient (Wildman–Crippen LogP) is 5.62. The molecule has 0 amide bonds. The molecule has 162 valence electrons. The van der Waals surface area contributed by atoms with Gasteiger partial charge in [-0.1, -0.05) is 111 Å². The molecule has 3 nitrogen and oxygen atoms in total. The fraction of sp³-hybridized carbons (Fsp3) is 0.0435. The second-order valence-corrected chi connectivity index (χ2v) is 7.73.